The van der Waals surface area contributed by atoms with Gasteiger partial charge in [-0.3, -0.25) is 19.4 Å². The average molecular weight is 436 g/mol. The van der Waals surface area contributed by atoms with Crippen LogP contribution >= 0.6 is 12.6 Å². The molecule has 0 heterocycles. The van der Waals surface area contributed by atoms with Gasteiger partial charge in [-0.1, -0.05) is 0 Å². The van der Waals surface area contributed by atoms with Gasteiger partial charge in [0.25, 0.3) is 0 Å². The minimum Gasteiger partial charge on any atom is -0.480 e. The van der Waals surface area contributed by atoms with Crippen LogP contribution in [0.2, 0.25) is 0 Å². The Balaban J connectivity index is 5.09. The summed E-state index contributed by atoms with van der Waals surface area (Å²) >= 11 is 3.98. The molecule has 4 atom stereocenters. The monoisotopic (exact) mass is 435 g/mol. The zero-order chi connectivity index (χ0) is 22.6. The van der Waals surface area contributed by atoms with E-state index in [0.29, 0.717) is 6.42 Å². The smallest absolute Gasteiger partial charge is 0.328 e. The van der Waals surface area contributed by atoms with E-state index in [1.807, 2.05) is 0 Å². The number of amides is 3. The quantitative estimate of drug-likeness (QED) is 0.0590. The minimum absolute atomic E-state index is 0.116. The van der Waals surface area contributed by atoms with Crippen molar-refractivity contribution in [3.8, 4) is 0 Å². The Kier molecular flexibility index (Phi) is 12.4. The van der Waals surface area contributed by atoms with Crippen molar-refractivity contribution in [1.82, 2.24) is 16.0 Å². The van der Waals surface area contributed by atoms with Gasteiger partial charge in [0.05, 0.1) is 12.6 Å². The summed E-state index contributed by atoms with van der Waals surface area (Å²) in [7, 11) is 0. The van der Waals surface area contributed by atoms with Gasteiger partial charge < -0.3 is 43.4 Å². The van der Waals surface area contributed by atoms with Gasteiger partial charge in [-0.15, -0.1) is 0 Å². The molecule has 14 heteroatoms. The zero-order valence-electron chi connectivity index (χ0n) is 16.0. The summed E-state index contributed by atoms with van der Waals surface area (Å²) in [6.07, 6.45) is -0.859. The van der Waals surface area contributed by atoms with Crippen molar-refractivity contribution >= 4 is 42.3 Å². The fourth-order valence-corrected chi connectivity index (χ4v) is 2.39. The van der Waals surface area contributed by atoms with Crippen LogP contribution in [-0.4, -0.2) is 82.9 Å². The highest BCUT2D eigenvalue weighted by Gasteiger charge is 2.30. The minimum atomic E-state index is -1.56. The third-order valence-corrected chi connectivity index (χ3v) is 4.01. The molecule has 0 aliphatic rings. The first kappa shape index (κ1) is 26.4. The maximum Gasteiger partial charge on any atom is 0.328 e. The number of carboxylic acid groups (broad SMARTS) is 1. The topological polar surface area (TPSA) is 235 Å². The van der Waals surface area contributed by atoms with Crippen LogP contribution in [0.15, 0.2) is 4.99 Å². The molecule has 0 aromatic carbocycles. The molecule has 0 fully saturated rings. The highest BCUT2D eigenvalue weighted by atomic mass is 32.1. The fourth-order valence-electron chi connectivity index (χ4n) is 2.13. The van der Waals surface area contributed by atoms with E-state index in [0.717, 1.165) is 0 Å². The van der Waals surface area contributed by atoms with Crippen LogP contribution in [0.4, 0.5) is 0 Å². The van der Waals surface area contributed by atoms with Gasteiger partial charge in [-0.05, 0) is 19.8 Å². The second-order valence-electron chi connectivity index (χ2n) is 6.08. The average Bonchev–Trinajstić information content (AvgIpc) is 2.64. The molecule has 0 aromatic rings. The summed E-state index contributed by atoms with van der Waals surface area (Å²) in [6.45, 7) is 1.07. The Morgan fingerprint density at radius 1 is 1.07 bits per heavy atom. The number of hydrogen-bond donors (Lipinski definition) is 9. The van der Waals surface area contributed by atoms with E-state index in [4.69, 9.17) is 22.3 Å². The lowest BCUT2D eigenvalue weighted by Gasteiger charge is -2.24. The lowest BCUT2D eigenvalue weighted by atomic mass is 10.1. The maximum absolute atomic E-state index is 12.5. The van der Waals surface area contributed by atoms with Crippen LogP contribution in [0.3, 0.4) is 0 Å². The number of hydrogen-bond acceptors (Lipinski definition) is 8. The maximum atomic E-state index is 12.5. The SMILES string of the molecule is CC(O)C(NC(=O)C(CS)NC(=O)C(CCCN=C(N)N)NC(=O)CN)C(=O)O. The van der Waals surface area contributed by atoms with E-state index >= 15 is 0 Å². The molecule has 0 aliphatic carbocycles. The number of nitrogens with one attached hydrogen (secondary N) is 3. The molecule has 0 aromatic heterocycles. The summed E-state index contributed by atoms with van der Waals surface area (Å²) in [5.41, 5.74) is 15.7. The van der Waals surface area contributed by atoms with Crippen molar-refractivity contribution in [3.05, 3.63) is 0 Å². The number of nitrogens with zero attached hydrogens (tertiary/aromatic N) is 1. The summed E-state index contributed by atoms with van der Waals surface area (Å²) in [6, 6.07) is -3.79. The molecular formula is C15H29N7O6S. The van der Waals surface area contributed by atoms with E-state index < -0.39 is 47.9 Å². The highest BCUT2D eigenvalue weighted by Crippen LogP contribution is 2.02. The summed E-state index contributed by atoms with van der Waals surface area (Å²) < 4.78 is 0. The molecule has 0 rings (SSSR count). The Bertz CT molecular complexity index is 612. The van der Waals surface area contributed by atoms with Crippen molar-refractivity contribution in [2.24, 2.45) is 22.2 Å². The number of guanidine groups is 1. The number of aliphatic imine (C=N–C) groups is 1. The highest BCUT2D eigenvalue weighted by molar-refractivity contribution is 7.80. The Hall–Kier alpha value is -2.58. The Morgan fingerprint density at radius 3 is 2.10 bits per heavy atom. The second-order valence-corrected chi connectivity index (χ2v) is 6.45. The van der Waals surface area contributed by atoms with Gasteiger partial charge in [-0.2, -0.15) is 12.6 Å². The van der Waals surface area contributed by atoms with E-state index in [1.54, 1.807) is 0 Å². The van der Waals surface area contributed by atoms with Crippen LogP contribution in [0.1, 0.15) is 19.8 Å². The third-order valence-electron chi connectivity index (χ3n) is 3.64. The number of carbonyl (C=O) groups is 4. The molecule has 0 radical (unpaired) electrons. The third kappa shape index (κ3) is 10.5. The predicted octanol–water partition coefficient (Wildman–Crippen LogP) is -4.15. The summed E-state index contributed by atoms with van der Waals surface area (Å²) in [4.78, 5) is 51.2. The van der Waals surface area contributed by atoms with Crippen LogP contribution in [-0.2, 0) is 19.2 Å². The van der Waals surface area contributed by atoms with E-state index in [1.165, 1.54) is 6.92 Å². The molecule has 0 saturated carbocycles. The number of thiol groups is 1. The van der Waals surface area contributed by atoms with Crippen LogP contribution in [0.25, 0.3) is 0 Å². The number of nitrogens with two attached hydrogens (primary N) is 3. The largest absolute Gasteiger partial charge is 0.480 e. The summed E-state index contributed by atoms with van der Waals surface area (Å²) in [5, 5.41) is 25.4. The number of carboxylic acids is 1. The first-order valence-electron chi connectivity index (χ1n) is 8.70. The number of aliphatic carboxylic acids is 1. The van der Waals surface area contributed by atoms with E-state index in [9.17, 15) is 24.3 Å². The predicted molar refractivity (Wildman–Crippen MR) is 108 cm³/mol. The first-order valence-corrected chi connectivity index (χ1v) is 9.34. The van der Waals surface area contributed by atoms with Gasteiger partial charge >= 0.3 is 5.97 Å². The number of carbonyl (C=O) groups excluding carboxylic acids is 3. The lowest BCUT2D eigenvalue weighted by molar-refractivity contribution is -0.145. The van der Waals surface area contributed by atoms with Gasteiger partial charge in [-0.25, -0.2) is 4.79 Å². The molecule has 0 aliphatic heterocycles. The summed E-state index contributed by atoms with van der Waals surface area (Å²) in [5.74, 6) is -3.85. The van der Waals surface area contributed by atoms with Crippen molar-refractivity contribution in [2.45, 2.75) is 44.0 Å². The molecule has 0 bridgehead atoms. The van der Waals surface area contributed by atoms with Crippen molar-refractivity contribution in [1.29, 1.82) is 0 Å². The molecule has 0 spiro atoms. The Labute approximate surface area is 173 Å². The fraction of sp³-hybridized carbons (Fsp3) is 0.667. The molecule has 13 nitrogen and oxygen atoms in total. The van der Waals surface area contributed by atoms with Gasteiger partial charge in [0.2, 0.25) is 17.7 Å². The van der Waals surface area contributed by atoms with Gasteiger partial charge in [0.1, 0.15) is 12.1 Å². The van der Waals surface area contributed by atoms with Crippen molar-refractivity contribution in [2.75, 3.05) is 18.8 Å². The molecule has 166 valence electrons. The number of aliphatic hydroxyl groups excluding tert-OH is 1. The van der Waals surface area contributed by atoms with Crippen molar-refractivity contribution < 1.29 is 29.4 Å². The van der Waals surface area contributed by atoms with E-state index in [2.05, 4.69) is 33.6 Å². The standard InChI is InChI=1S/C15H29N7O6S/c1-7(23)11(14(27)28)22-13(26)9(6-29)21-12(25)8(20-10(24)5-16)3-2-4-19-15(17)18/h7-9,11,23,29H,2-6,16H2,1H3,(H,20,24)(H,21,25)(H,22,26)(H,27,28)(H4,17,18,19). The lowest BCUT2D eigenvalue weighted by Crippen LogP contribution is -2.58. The molecule has 11 N–H and O–H groups in total. The normalized spacial score (nSPS) is 14.6. The van der Waals surface area contributed by atoms with Crippen LogP contribution < -0.4 is 33.2 Å². The number of aliphatic hydroxyl groups is 1. The zero-order valence-corrected chi connectivity index (χ0v) is 16.9. The van der Waals surface area contributed by atoms with Crippen LogP contribution in [0.5, 0.6) is 0 Å². The second kappa shape index (κ2) is 13.6. The molecule has 4 unspecified atom stereocenters. The molecular weight excluding hydrogens is 406 g/mol. The van der Waals surface area contributed by atoms with Crippen LogP contribution in [0, 0.1) is 0 Å². The van der Waals surface area contributed by atoms with Crippen molar-refractivity contribution in [3.63, 3.8) is 0 Å². The molecule has 0 saturated heterocycles. The Morgan fingerprint density at radius 2 is 1.66 bits per heavy atom. The van der Waals surface area contributed by atoms with Gasteiger partial charge in [0.15, 0.2) is 12.0 Å². The first-order chi connectivity index (χ1) is 13.5. The molecule has 3 amide bonds. The van der Waals surface area contributed by atoms with Gasteiger partial charge in [0, 0.05) is 12.3 Å². The van der Waals surface area contributed by atoms with E-state index in [-0.39, 0.29) is 31.2 Å². The molecule has 29 heavy (non-hydrogen) atoms. The number of rotatable bonds is 13.